The van der Waals surface area contributed by atoms with Crippen LogP contribution in [0.2, 0.25) is 0 Å². The van der Waals surface area contributed by atoms with Gasteiger partial charge < -0.3 is 5.11 Å². The summed E-state index contributed by atoms with van der Waals surface area (Å²) in [5.41, 5.74) is 1.27. The molecule has 122 valence electrons. The molecule has 0 unspecified atom stereocenters. The van der Waals surface area contributed by atoms with Crippen LogP contribution in [0.25, 0.3) is 16.7 Å². The Bertz CT molecular complexity index is 958. The van der Waals surface area contributed by atoms with E-state index in [0.717, 1.165) is 31.6 Å². The summed E-state index contributed by atoms with van der Waals surface area (Å²) in [6, 6.07) is 12.9. The van der Waals surface area contributed by atoms with Gasteiger partial charge in [-0.2, -0.15) is 0 Å². The zero-order valence-electron chi connectivity index (χ0n) is 13.6. The molecule has 0 spiro atoms. The Labute approximate surface area is 140 Å². The predicted octanol–water partition coefficient (Wildman–Crippen LogP) is 2.19. The van der Waals surface area contributed by atoms with Gasteiger partial charge in [-0.25, -0.2) is 4.98 Å². The molecule has 4 rings (SSSR count). The molecular weight excluding hydrogens is 302 g/mol. The molecule has 0 bridgehead atoms. The van der Waals surface area contributed by atoms with Crippen molar-refractivity contribution in [2.75, 3.05) is 20.1 Å². The lowest BCUT2D eigenvalue weighted by Gasteiger charge is -2.32. The van der Waals surface area contributed by atoms with Gasteiger partial charge in [0, 0.05) is 24.4 Å². The van der Waals surface area contributed by atoms with E-state index in [1.54, 1.807) is 22.9 Å². The highest BCUT2D eigenvalue weighted by atomic mass is 16.3. The number of hydrogen-bond donors (Lipinski definition) is 0. The van der Waals surface area contributed by atoms with Gasteiger partial charge >= 0.3 is 5.56 Å². The lowest BCUT2D eigenvalue weighted by Crippen LogP contribution is -2.47. The number of quaternary nitrogens is 1. The third kappa shape index (κ3) is 2.12. The minimum Gasteiger partial charge on any atom is -0.868 e. The molecule has 3 heterocycles. The molecule has 2 aromatic heterocycles. The molecule has 1 aliphatic rings. The van der Waals surface area contributed by atoms with Crippen LogP contribution < -0.4 is 15.1 Å². The number of pyridine rings is 2. The zero-order chi connectivity index (χ0) is 16.7. The maximum atomic E-state index is 13.3. The molecule has 1 fully saturated rings. The van der Waals surface area contributed by atoms with Crippen molar-refractivity contribution < 1.29 is 5.11 Å². The van der Waals surface area contributed by atoms with Crippen LogP contribution in [0, 0.1) is 0 Å². The van der Waals surface area contributed by atoms with Gasteiger partial charge in [-0.05, 0) is 23.9 Å². The second-order valence-electron chi connectivity index (χ2n) is 6.58. The number of hydrogen-bond acceptors (Lipinski definition) is 3. The molecule has 0 aliphatic carbocycles. The van der Waals surface area contributed by atoms with Gasteiger partial charge in [-0.1, -0.05) is 24.3 Å². The van der Waals surface area contributed by atoms with E-state index in [4.69, 9.17) is 0 Å². The Morgan fingerprint density at radius 2 is 1.79 bits per heavy atom. The van der Waals surface area contributed by atoms with Crippen molar-refractivity contribution in [3.05, 3.63) is 59.0 Å². The topological polar surface area (TPSA) is 58.0 Å². The van der Waals surface area contributed by atoms with Gasteiger partial charge in [0.2, 0.25) is 0 Å². The summed E-state index contributed by atoms with van der Waals surface area (Å²) in [7, 11) is 1.99. The van der Waals surface area contributed by atoms with E-state index < -0.39 is 0 Å². The fourth-order valence-electron chi connectivity index (χ4n) is 3.73. The molecule has 0 atom stereocenters. The van der Waals surface area contributed by atoms with Gasteiger partial charge in [0.1, 0.15) is 5.65 Å². The van der Waals surface area contributed by atoms with E-state index >= 15 is 0 Å². The van der Waals surface area contributed by atoms with Crippen LogP contribution >= 0.6 is 0 Å². The normalized spacial score (nSPS) is 16.5. The molecule has 1 aliphatic heterocycles. The summed E-state index contributed by atoms with van der Waals surface area (Å²) in [5, 5.41) is 13.6. The number of fused-ring (bicyclic) bond motifs is 1. The second kappa shape index (κ2) is 5.46. The van der Waals surface area contributed by atoms with Crippen LogP contribution in [-0.4, -0.2) is 29.7 Å². The van der Waals surface area contributed by atoms with E-state index in [1.165, 1.54) is 0 Å². The van der Waals surface area contributed by atoms with Crippen molar-refractivity contribution in [3.8, 4) is 11.4 Å². The van der Waals surface area contributed by atoms with Gasteiger partial charge in [0.05, 0.1) is 25.8 Å². The Morgan fingerprint density at radius 1 is 1.08 bits per heavy atom. The van der Waals surface area contributed by atoms with E-state index in [1.807, 2.05) is 37.4 Å². The maximum Gasteiger partial charge on any atom is 0.317 e. The maximum absolute atomic E-state index is 13.3. The molecule has 0 radical (unpaired) electrons. The zero-order valence-corrected chi connectivity index (χ0v) is 13.6. The molecule has 24 heavy (non-hydrogen) atoms. The molecule has 5 nitrogen and oxygen atoms in total. The fourth-order valence-corrected chi connectivity index (χ4v) is 3.73. The summed E-state index contributed by atoms with van der Waals surface area (Å²) in [6.07, 6.45) is 3.68. The molecule has 0 amide bonds. The minimum absolute atomic E-state index is 0.181. The van der Waals surface area contributed by atoms with E-state index in [0.29, 0.717) is 21.2 Å². The number of para-hydroxylation sites is 1. The number of rotatable bonds is 2. The predicted molar refractivity (Wildman–Crippen MR) is 93.5 cm³/mol. The second-order valence-corrected chi connectivity index (χ2v) is 6.58. The molecule has 3 aromatic rings. The Morgan fingerprint density at radius 3 is 2.50 bits per heavy atom. The first-order valence-electron chi connectivity index (χ1n) is 8.23. The standard InChI is InChI=1S/C19H19N3O2/c1-22(12-5-6-13-22)16-17(23)15-10-7-11-20-18(15)21(19(16)24)14-8-3-2-4-9-14/h2-4,7-11H,5-6,12-13H2,1H3. The average Bonchev–Trinajstić information content (AvgIpc) is 3.03. The van der Waals surface area contributed by atoms with Crippen LogP contribution in [0.15, 0.2) is 53.5 Å². The van der Waals surface area contributed by atoms with E-state index in [-0.39, 0.29) is 11.3 Å². The molecule has 0 N–H and O–H groups in total. The van der Waals surface area contributed by atoms with Crippen molar-refractivity contribution in [1.82, 2.24) is 14.0 Å². The number of likely N-dealkylation sites (tertiary alicyclic amines) is 1. The van der Waals surface area contributed by atoms with Crippen LogP contribution in [0.1, 0.15) is 12.8 Å². The average molecular weight is 321 g/mol. The van der Waals surface area contributed by atoms with Crippen LogP contribution in [-0.2, 0) is 0 Å². The highest BCUT2D eigenvalue weighted by Crippen LogP contribution is 2.35. The summed E-state index contributed by atoms with van der Waals surface area (Å²) in [6.45, 7) is 1.65. The fraction of sp³-hybridized carbons (Fsp3) is 0.263. The third-order valence-electron chi connectivity index (χ3n) is 4.97. The Hall–Kier alpha value is -2.66. The summed E-state index contributed by atoms with van der Waals surface area (Å²) < 4.78 is 1.99. The summed E-state index contributed by atoms with van der Waals surface area (Å²) in [4.78, 5) is 17.6. The Balaban J connectivity index is 2.14. The van der Waals surface area contributed by atoms with Crippen molar-refractivity contribution in [1.29, 1.82) is 0 Å². The first-order valence-corrected chi connectivity index (χ1v) is 8.23. The highest BCUT2D eigenvalue weighted by molar-refractivity contribution is 5.88. The van der Waals surface area contributed by atoms with Crippen LogP contribution in [0.4, 0.5) is 5.69 Å². The lowest BCUT2D eigenvalue weighted by molar-refractivity contribution is -0.266. The van der Waals surface area contributed by atoms with Crippen LogP contribution in [0.5, 0.6) is 5.75 Å². The lowest BCUT2D eigenvalue weighted by atomic mass is 10.2. The number of nitrogens with zero attached hydrogens (tertiary/aromatic N) is 3. The quantitative estimate of drug-likeness (QED) is 0.680. The van der Waals surface area contributed by atoms with Gasteiger partial charge in [-0.15, -0.1) is 0 Å². The van der Waals surface area contributed by atoms with Crippen molar-refractivity contribution in [2.24, 2.45) is 0 Å². The van der Waals surface area contributed by atoms with E-state index in [2.05, 4.69) is 4.98 Å². The largest absolute Gasteiger partial charge is 0.868 e. The Kier molecular flexibility index (Phi) is 3.39. The van der Waals surface area contributed by atoms with Gasteiger partial charge in [0.15, 0.2) is 5.69 Å². The monoisotopic (exact) mass is 321 g/mol. The first kappa shape index (κ1) is 14.9. The van der Waals surface area contributed by atoms with Crippen molar-refractivity contribution in [2.45, 2.75) is 12.8 Å². The first-order chi connectivity index (χ1) is 11.6. The van der Waals surface area contributed by atoms with Crippen LogP contribution in [0.3, 0.4) is 0 Å². The molecule has 0 saturated carbocycles. The summed E-state index contributed by atoms with van der Waals surface area (Å²) >= 11 is 0. The highest BCUT2D eigenvalue weighted by Gasteiger charge is 2.34. The number of aromatic nitrogens is 2. The van der Waals surface area contributed by atoms with E-state index in [9.17, 15) is 9.90 Å². The molecule has 1 aromatic carbocycles. The summed E-state index contributed by atoms with van der Waals surface area (Å²) in [5.74, 6) is -0.181. The van der Waals surface area contributed by atoms with Crippen molar-refractivity contribution in [3.63, 3.8) is 0 Å². The number of benzene rings is 1. The molecule has 5 heteroatoms. The van der Waals surface area contributed by atoms with Gasteiger partial charge in [0.25, 0.3) is 0 Å². The van der Waals surface area contributed by atoms with Crippen molar-refractivity contribution >= 4 is 16.7 Å². The van der Waals surface area contributed by atoms with Gasteiger partial charge in [-0.3, -0.25) is 13.8 Å². The SMILES string of the molecule is C[N+]1(c2c([O-])c3cccnc3n(-c3ccccc3)c2=O)CCCC1. The molecular formula is C19H19N3O2. The third-order valence-corrected chi connectivity index (χ3v) is 4.97. The molecule has 1 saturated heterocycles. The smallest absolute Gasteiger partial charge is 0.317 e. The minimum atomic E-state index is -0.248.